The summed E-state index contributed by atoms with van der Waals surface area (Å²) >= 11 is 6.36. The minimum Gasteiger partial charge on any atom is -0.508 e. The zero-order valence-electron chi connectivity index (χ0n) is 19.6. The van der Waals surface area contributed by atoms with E-state index in [2.05, 4.69) is 37.3 Å². The average Bonchev–Trinajstić information content (AvgIpc) is 2.95. The Morgan fingerprint density at radius 3 is 2.43 bits per heavy atom. The Morgan fingerprint density at radius 2 is 1.66 bits per heavy atom. The summed E-state index contributed by atoms with van der Waals surface area (Å²) in [5, 5.41) is 10.4. The van der Waals surface area contributed by atoms with Gasteiger partial charge < -0.3 is 10.0 Å². The van der Waals surface area contributed by atoms with Crippen molar-refractivity contribution in [3.63, 3.8) is 0 Å². The number of phenolic OH excluding ortho intramolecular Hbond substituents is 1. The first-order valence-electron chi connectivity index (χ1n) is 11.5. The van der Waals surface area contributed by atoms with Gasteiger partial charge in [-0.25, -0.2) is 0 Å². The Morgan fingerprint density at radius 1 is 0.886 bits per heavy atom. The number of phenols is 1. The molecular formula is C30H25ClN2O2. The highest BCUT2D eigenvalue weighted by molar-refractivity contribution is 6.32. The van der Waals surface area contributed by atoms with Gasteiger partial charge in [0.25, 0.3) is 5.91 Å². The summed E-state index contributed by atoms with van der Waals surface area (Å²) in [6, 6.07) is 28.3. The van der Waals surface area contributed by atoms with E-state index < -0.39 is 6.04 Å². The molecule has 4 aromatic carbocycles. The lowest BCUT2D eigenvalue weighted by Crippen LogP contribution is -2.36. The van der Waals surface area contributed by atoms with Crippen LogP contribution in [0, 0.1) is 6.92 Å². The molecule has 0 radical (unpaired) electrons. The molecule has 1 heterocycles. The number of amides is 1. The molecule has 0 saturated carbocycles. The molecule has 0 aromatic heterocycles. The average molecular weight is 481 g/mol. The molecule has 35 heavy (non-hydrogen) atoms. The van der Waals surface area contributed by atoms with Crippen LogP contribution in [0.25, 0.3) is 11.1 Å². The first kappa shape index (κ1) is 22.9. The van der Waals surface area contributed by atoms with Crippen molar-refractivity contribution in [1.82, 2.24) is 0 Å². The predicted octanol–water partition coefficient (Wildman–Crippen LogP) is 6.45. The normalized spacial score (nSPS) is 15.4. The van der Waals surface area contributed by atoms with Crippen LogP contribution in [0.15, 0.2) is 96.0 Å². The van der Waals surface area contributed by atoms with Crippen LogP contribution in [-0.4, -0.2) is 29.8 Å². The van der Waals surface area contributed by atoms with Crippen molar-refractivity contribution in [1.29, 1.82) is 0 Å². The van der Waals surface area contributed by atoms with Gasteiger partial charge in [-0.2, -0.15) is 0 Å². The van der Waals surface area contributed by atoms with Gasteiger partial charge in [-0.3, -0.25) is 9.79 Å². The largest absolute Gasteiger partial charge is 0.508 e. The van der Waals surface area contributed by atoms with E-state index in [9.17, 15) is 9.90 Å². The fourth-order valence-corrected chi connectivity index (χ4v) is 4.77. The molecule has 0 spiro atoms. The Kier molecular flexibility index (Phi) is 6.14. The second-order valence-electron chi connectivity index (χ2n) is 8.83. The lowest BCUT2D eigenvalue weighted by molar-refractivity contribution is -0.119. The van der Waals surface area contributed by atoms with Crippen LogP contribution in [0.5, 0.6) is 5.75 Å². The van der Waals surface area contributed by atoms with Crippen LogP contribution in [0.3, 0.4) is 0 Å². The molecule has 4 nitrogen and oxygen atoms in total. The maximum absolute atomic E-state index is 13.7. The van der Waals surface area contributed by atoms with Gasteiger partial charge in [-0.15, -0.1) is 0 Å². The maximum atomic E-state index is 13.7. The number of aliphatic imine (C=N–C) groups is 1. The van der Waals surface area contributed by atoms with Crippen LogP contribution < -0.4 is 4.90 Å². The Hall–Kier alpha value is -3.89. The number of carbonyl (C=O) groups excluding carboxylic acids is 1. The Labute approximate surface area is 210 Å². The van der Waals surface area contributed by atoms with Gasteiger partial charge in [0, 0.05) is 29.6 Å². The van der Waals surface area contributed by atoms with Crippen molar-refractivity contribution in [2.45, 2.75) is 19.4 Å². The second kappa shape index (κ2) is 9.40. The number of halogens is 1. The lowest BCUT2D eigenvalue weighted by Gasteiger charge is -2.21. The van der Waals surface area contributed by atoms with E-state index in [0.717, 1.165) is 33.5 Å². The molecule has 0 aliphatic carbocycles. The fourth-order valence-electron chi connectivity index (χ4n) is 4.60. The molecule has 1 amide bonds. The number of anilines is 1. The highest BCUT2D eigenvalue weighted by Crippen LogP contribution is 2.32. The number of aromatic hydroxyl groups is 1. The molecular weight excluding hydrogens is 456 g/mol. The van der Waals surface area contributed by atoms with E-state index in [4.69, 9.17) is 16.6 Å². The first-order chi connectivity index (χ1) is 16.9. The van der Waals surface area contributed by atoms with Crippen molar-refractivity contribution < 1.29 is 9.90 Å². The van der Waals surface area contributed by atoms with Crippen LogP contribution in [-0.2, 0) is 11.2 Å². The molecule has 1 aliphatic heterocycles. The zero-order chi connectivity index (χ0) is 24.5. The molecule has 1 N–H and O–H groups in total. The third-order valence-corrected chi connectivity index (χ3v) is 6.61. The molecule has 0 fully saturated rings. The van der Waals surface area contributed by atoms with Crippen LogP contribution in [0.4, 0.5) is 5.69 Å². The van der Waals surface area contributed by atoms with Crippen molar-refractivity contribution >= 4 is 28.9 Å². The molecule has 1 unspecified atom stereocenters. The topological polar surface area (TPSA) is 52.9 Å². The third kappa shape index (κ3) is 4.58. The van der Waals surface area contributed by atoms with E-state index in [0.29, 0.717) is 17.2 Å². The van der Waals surface area contributed by atoms with Crippen molar-refractivity contribution in [3.8, 4) is 16.9 Å². The number of rotatable bonds is 4. The highest BCUT2D eigenvalue weighted by atomic mass is 35.5. The van der Waals surface area contributed by atoms with Crippen molar-refractivity contribution in [2.24, 2.45) is 4.99 Å². The summed E-state index contributed by atoms with van der Waals surface area (Å²) < 4.78 is 0. The van der Waals surface area contributed by atoms with E-state index in [1.807, 2.05) is 42.5 Å². The summed E-state index contributed by atoms with van der Waals surface area (Å²) in [5.74, 6) is 0.0903. The van der Waals surface area contributed by atoms with Gasteiger partial charge in [0.05, 0.1) is 11.4 Å². The van der Waals surface area contributed by atoms with Crippen LogP contribution in [0.2, 0.25) is 5.02 Å². The molecule has 4 aromatic rings. The standard InChI is InChI=1S/C30H25ClN2O2/c1-19-6-5-8-21(16-19)25-9-4-3-7-22(25)17-27-30(35)33(2)28-15-12-23(31)18-26(28)29(32-27)20-10-13-24(34)14-11-20/h3-16,18,27,34H,17H2,1-2H3. The SMILES string of the molecule is Cc1cccc(-c2ccccc2CC2N=C(c3ccc(O)cc3)c3cc(Cl)ccc3N(C)C2=O)c1. The van der Waals surface area contributed by atoms with Gasteiger partial charge in [0.2, 0.25) is 0 Å². The number of benzodiazepines with no additional fused rings is 1. The summed E-state index contributed by atoms with van der Waals surface area (Å²) in [6.45, 7) is 2.08. The van der Waals surface area contributed by atoms with E-state index in [-0.39, 0.29) is 11.7 Å². The number of hydrogen-bond donors (Lipinski definition) is 1. The van der Waals surface area contributed by atoms with E-state index in [1.165, 1.54) is 5.56 Å². The van der Waals surface area contributed by atoms with Gasteiger partial charge >= 0.3 is 0 Å². The number of nitrogens with zero attached hydrogens (tertiary/aromatic N) is 2. The number of likely N-dealkylation sites (N-methyl/N-ethyl adjacent to an activating group) is 1. The number of benzene rings is 4. The maximum Gasteiger partial charge on any atom is 0.251 e. The Bertz CT molecular complexity index is 1440. The predicted molar refractivity (Wildman–Crippen MR) is 143 cm³/mol. The van der Waals surface area contributed by atoms with E-state index in [1.54, 1.807) is 30.1 Å². The second-order valence-corrected chi connectivity index (χ2v) is 9.27. The quantitative estimate of drug-likeness (QED) is 0.365. The smallest absolute Gasteiger partial charge is 0.251 e. The van der Waals surface area contributed by atoms with Gasteiger partial charge in [0.15, 0.2) is 0 Å². The molecule has 174 valence electrons. The molecule has 1 aliphatic rings. The van der Waals surface area contributed by atoms with Gasteiger partial charge in [0.1, 0.15) is 11.8 Å². The zero-order valence-corrected chi connectivity index (χ0v) is 20.3. The molecule has 5 heteroatoms. The summed E-state index contributed by atoms with van der Waals surface area (Å²) in [5.41, 5.74) is 7.48. The van der Waals surface area contributed by atoms with Gasteiger partial charge in [-0.05, 0) is 66.1 Å². The van der Waals surface area contributed by atoms with Crippen molar-refractivity contribution in [3.05, 3.63) is 118 Å². The lowest BCUT2D eigenvalue weighted by atomic mass is 9.94. The monoisotopic (exact) mass is 480 g/mol. The van der Waals surface area contributed by atoms with Crippen molar-refractivity contribution in [2.75, 3.05) is 11.9 Å². The van der Waals surface area contributed by atoms with E-state index >= 15 is 0 Å². The van der Waals surface area contributed by atoms with Crippen LogP contribution in [0.1, 0.15) is 22.3 Å². The molecule has 5 rings (SSSR count). The number of aryl methyl sites for hydroxylation is 1. The number of fused-ring (bicyclic) bond motifs is 1. The molecule has 1 atom stereocenters. The fraction of sp³-hybridized carbons (Fsp3) is 0.133. The third-order valence-electron chi connectivity index (χ3n) is 6.38. The first-order valence-corrected chi connectivity index (χ1v) is 11.9. The molecule has 0 saturated heterocycles. The number of carbonyl (C=O) groups is 1. The highest BCUT2D eigenvalue weighted by Gasteiger charge is 2.31. The van der Waals surface area contributed by atoms with Crippen LogP contribution >= 0.6 is 11.6 Å². The summed E-state index contributed by atoms with van der Waals surface area (Å²) in [7, 11) is 1.78. The van der Waals surface area contributed by atoms with Gasteiger partial charge in [-0.1, -0.05) is 65.7 Å². The minimum atomic E-state index is -0.624. The number of hydrogen-bond acceptors (Lipinski definition) is 3. The summed E-state index contributed by atoms with van der Waals surface area (Å²) in [4.78, 5) is 20.4. The summed E-state index contributed by atoms with van der Waals surface area (Å²) in [6.07, 6.45) is 0.455. The Balaban J connectivity index is 1.64. The molecule has 0 bridgehead atoms. The minimum absolute atomic E-state index is 0.0820.